The zero-order chi connectivity index (χ0) is 15.9. The quantitative estimate of drug-likeness (QED) is 0.816. The number of hydrogen-bond acceptors (Lipinski definition) is 3. The molecule has 1 unspecified atom stereocenters. The van der Waals surface area contributed by atoms with Crippen LogP contribution in [0.25, 0.3) is 0 Å². The average molecular weight is 387 g/mol. The summed E-state index contributed by atoms with van der Waals surface area (Å²) in [6.45, 7) is 1.96. The van der Waals surface area contributed by atoms with Crippen molar-refractivity contribution in [2.24, 2.45) is 0 Å². The zero-order valence-corrected chi connectivity index (χ0v) is 15.3. The topological polar surface area (TPSA) is 49.4 Å². The second-order valence-corrected chi connectivity index (χ2v) is 8.08. The van der Waals surface area contributed by atoms with E-state index in [0.717, 1.165) is 35.3 Å². The summed E-state index contributed by atoms with van der Waals surface area (Å²) < 4.78 is 13.2. The Hall–Kier alpha value is -0.720. The molecule has 1 heterocycles. The van der Waals surface area contributed by atoms with Crippen molar-refractivity contribution >= 4 is 32.6 Å². The van der Waals surface area contributed by atoms with E-state index < -0.39 is 10.8 Å². The molecule has 1 fully saturated rings. The SMILES string of the molecule is CN(C(=O)CCCS(=O)c1ccc(Br)cc1)C1CCNCC1. The van der Waals surface area contributed by atoms with Gasteiger partial charge in [0.25, 0.3) is 0 Å². The lowest BCUT2D eigenvalue weighted by Gasteiger charge is -2.31. The number of carbonyl (C=O) groups excluding carboxylic acids is 1. The van der Waals surface area contributed by atoms with Crippen LogP contribution in [0.1, 0.15) is 25.7 Å². The molecule has 1 aliphatic heterocycles. The largest absolute Gasteiger partial charge is 0.343 e. The van der Waals surface area contributed by atoms with Gasteiger partial charge in [0.1, 0.15) is 0 Å². The van der Waals surface area contributed by atoms with Crippen molar-refractivity contribution < 1.29 is 9.00 Å². The van der Waals surface area contributed by atoms with Crippen LogP contribution in [0.3, 0.4) is 0 Å². The first-order valence-electron chi connectivity index (χ1n) is 7.68. The fourth-order valence-corrected chi connectivity index (χ4v) is 3.98. The molecule has 2 rings (SSSR count). The zero-order valence-electron chi connectivity index (χ0n) is 12.9. The van der Waals surface area contributed by atoms with E-state index in [1.165, 1.54) is 0 Å². The number of benzene rings is 1. The summed E-state index contributed by atoms with van der Waals surface area (Å²) in [7, 11) is 0.865. The van der Waals surface area contributed by atoms with E-state index in [4.69, 9.17) is 0 Å². The van der Waals surface area contributed by atoms with E-state index in [1.54, 1.807) is 0 Å². The maximum absolute atomic E-state index is 12.2. The third kappa shape index (κ3) is 5.18. The van der Waals surface area contributed by atoms with Gasteiger partial charge in [0.2, 0.25) is 5.91 Å². The van der Waals surface area contributed by atoms with Crippen molar-refractivity contribution in [3.8, 4) is 0 Å². The van der Waals surface area contributed by atoms with Gasteiger partial charge in [-0.1, -0.05) is 15.9 Å². The number of amides is 1. The van der Waals surface area contributed by atoms with E-state index in [9.17, 15) is 9.00 Å². The lowest BCUT2D eigenvalue weighted by molar-refractivity contribution is -0.132. The molecule has 1 aromatic rings. The van der Waals surface area contributed by atoms with Gasteiger partial charge in [0.05, 0.1) is 10.8 Å². The molecule has 1 N–H and O–H groups in total. The molecule has 4 nitrogen and oxygen atoms in total. The van der Waals surface area contributed by atoms with Gasteiger partial charge in [-0.25, -0.2) is 0 Å². The van der Waals surface area contributed by atoms with E-state index in [2.05, 4.69) is 21.2 Å². The fraction of sp³-hybridized carbons (Fsp3) is 0.562. The van der Waals surface area contributed by atoms with Crippen molar-refractivity contribution in [1.82, 2.24) is 10.2 Å². The molecule has 1 saturated heterocycles. The summed E-state index contributed by atoms with van der Waals surface area (Å²) in [5.41, 5.74) is 0. The summed E-state index contributed by atoms with van der Waals surface area (Å²) in [5, 5.41) is 3.31. The summed E-state index contributed by atoms with van der Waals surface area (Å²) in [6, 6.07) is 7.87. The van der Waals surface area contributed by atoms with Gasteiger partial charge < -0.3 is 10.2 Å². The highest BCUT2D eigenvalue weighted by Gasteiger charge is 2.21. The second kappa shape index (κ2) is 8.79. The maximum atomic E-state index is 12.2. The van der Waals surface area contributed by atoms with Crippen molar-refractivity contribution in [3.05, 3.63) is 28.7 Å². The Morgan fingerprint density at radius 3 is 2.59 bits per heavy atom. The molecule has 22 heavy (non-hydrogen) atoms. The third-order valence-electron chi connectivity index (χ3n) is 4.05. The Morgan fingerprint density at radius 2 is 1.95 bits per heavy atom. The second-order valence-electron chi connectivity index (χ2n) is 5.59. The monoisotopic (exact) mass is 386 g/mol. The summed E-state index contributed by atoms with van der Waals surface area (Å²) in [4.78, 5) is 14.9. The summed E-state index contributed by atoms with van der Waals surface area (Å²) >= 11 is 3.37. The predicted octanol–water partition coefficient (Wildman–Crippen LogP) is 2.55. The van der Waals surface area contributed by atoms with E-state index in [-0.39, 0.29) is 5.91 Å². The number of piperidine rings is 1. The molecule has 122 valence electrons. The molecule has 0 aromatic heterocycles. The van der Waals surface area contributed by atoms with Crippen LogP contribution in [-0.2, 0) is 15.6 Å². The molecule has 1 aliphatic rings. The number of rotatable bonds is 6. The van der Waals surface area contributed by atoms with E-state index >= 15 is 0 Å². The van der Waals surface area contributed by atoms with Gasteiger partial charge in [-0.2, -0.15) is 0 Å². The van der Waals surface area contributed by atoms with Gasteiger partial charge in [0, 0.05) is 34.6 Å². The van der Waals surface area contributed by atoms with Crippen LogP contribution in [0.2, 0.25) is 0 Å². The minimum absolute atomic E-state index is 0.166. The van der Waals surface area contributed by atoms with Crippen LogP contribution in [-0.4, -0.2) is 46.9 Å². The first-order chi connectivity index (χ1) is 10.6. The Balaban J connectivity index is 1.74. The Morgan fingerprint density at radius 1 is 1.32 bits per heavy atom. The van der Waals surface area contributed by atoms with Crippen molar-refractivity contribution in [3.63, 3.8) is 0 Å². The fourth-order valence-electron chi connectivity index (χ4n) is 2.63. The van der Waals surface area contributed by atoms with Gasteiger partial charge in [-0.15, -0.1) is 0 Å². The highest BCUT2D eigenvalue weighted by Crippen LogP contribution is 2.15. The number of nitrogens with zero attached hydrogens (tertiary/aromatic N) is 1. The molecular formula is C16H23BrN2O2S. The van der Waals surface area contributed by atoms with Gasteiger partial charge in [-0.05, 0) is 56.6 Å². The van der Waals surface area contributed by atoms with Crippen LogP contribution in [0, 0.1) is 0 Å². The van der Waals surface area contributed by atoms with Gasteiger partial charge >= 0.3 is 0 Å². The molecule has 0 radical (unpaired) electrons. The van der Waals surface area contributed by atoms with Crippen LogP contribution >= 0.6 is 15.9 Å². The standard InChI is InChI=1S/C16H23BrN2O2S/c1-19(14-8-10-18-11-9-14)16(20)3-2-12-22(21)15-6-4-13(17)5-7-15/h4-7,14,18H,2-3,8-12H2,1H3. The summed E-state index contributed by atoms with van der Waals surface area (Å²) in [5.74, 6) is 0.702. The normalized spacial score (nSPS) is 17.2. The Bertz CT molecular complexity index is 515. The minimum Gasteiger partial charge on any atom is -0.343 e. The van der Waals surface area contributed by atoms with E-state index in [0.29, 0.717) is 24.6 Å². The van der Waals surface area contributed by atoms with Crippen LogP contribution in [0.5, 0.6) is 0 Å². The third-order valence-corrected chi connectivity index (χ3v) is 6.03. The van der Waals surface area contributed by atoms with Gasteiger partial charge in [-0.3, -0.25) is 9.00 Å². The predicted molar refractivity (Wildman–Crippen MR) is 93.3 cm³/mol. The molecule has 1 atom stereocenters. The molecule has 1 aromatic carbocycles. The number of hydrogen-bond donors (Lipinski definition) is 1. The first kappa shape index (κ1) is 17.6. The molecule has 0 saturated carbocycles. The smallest absolute Gasteiger partial charge is 0.222 e. The van der Waals surface area contributed by atoms with Crippen molar-refractivity contribution in [2.75, 3.05) is 25.9 Å². The van der Waals surface area contributed by atoms with Crippen molar-refractivity contribution in [2.45, 2.75) is 36.6 Å². The van der Waals surface area contributed by atoms with Crippen molar-refractivity contribution in [1.29, 1.82) is 0 Å². The highest BCUT2D eigenvalue weighted by atomic mass is 79.9. The van der Waals surface area contributed by atoms with Crippen LogP contribution < -0.4 is 5.32 Å². The van der Waals surface area contributed by atoms with Crippen LogP contribution in [0.15, 0.2) is 33.6 Å². The number of carbonyl (C=O) groups is 1. The molecule has 6 heteroatoms. The van der Waals surface area contributed by atoms with Gasteiger partial charge in [0.15, 0.2) is 0 Å². The minimum atomic E-state index is -1.03. The lowest BCUT2D eigenvalue weighted by atomic mass is 10.0. The average Bonchev–Trinajstić information content (AvgIpc) is 2.55. The van der Waals surface area contributed by atoms with E-state index in [1.807, 2.05) is 36.2 Å². The number of nitrogens with one attached hydrogen (secondary N) is 1. The first-order valence-corrected chi connectivity index (χ1v) is 9.79. The molecule has 0 spiro atoms. The highest BCUT2D eigenvalue weighted by molar-refractivity contribution is 9.10. The Kier molecular flexibility index (Phi) is 7.05. The lowest BCUT2D eigenvalue weighted by Crippen LogP contribution is -2.43. The molecule has 0 bridgehead atoms. The maximum Gasteiger partial charge on any atom is 0.222 e. The summed E-state index contributed by atoms with van der Waals surface area (Å²) in [6.07, 6.45) is 3.18. The number of halogens is 1. The molecule has 1 amide bonds. The molecular weight excluding hydrogens is 364 g/mol. The Labute approximate surface area is 143 Å². The van der Waals surface area contributed by atoms with Crippen LogP contribution in [0.4, 0.5) is 0 Å². The molecule has 0 aliphatic carbocycles.